The van der Waals surface area contributed by atoms with Gasteiger partial charge in [0.25, 0.3) is 0 Å². The molecule has 2 aromatic rings. The van der Waals surface area contributed by atoms with Crippen molar-refractivity contribution in [2.24, 2.45) is 0 Å². The van der Waals surface area contributed by atoms with Crippen LogP contribution in [-0.2, 0) is 4.74 Å². The molecule has 0 saturated carbocycles. The molecule has 6 heteroatoms. The molecule has 0 aliphatic carbocycles. The summed E-state index contributed by atoms with van der Waals surface area (Å²) >= 11 is 3.42. The lowest BCUT2D eigenvalue weighted by molar-refractivity contribution is 0.0521. The molecule has 0 saturated heterocycles. The van der Waals surface area contributed by atoms with Crippen molar-refractivity contribution >= 4 is 32.8 Å². The van der Waals surface area contributed by atoms with Gasteiger partial charge in [0.1, 0.15) is 0 Å². The molecule has 0 unspecified atom stereocenters. The quantitative estimate of drug-likeness (QED) is 0.381. The molecule has 0 bridgehead atoms. The number of carbonyl (C=O) groups excluding carboxylic acids is 1. The van der Waals surface area contributed by atoms with Gasteiger partial charge in [-0.1, -0.05) is 46.3 Å². The Bertz CT molecular complexity index is 1090. The number of carbonyl (C=O) groups is 1. The van der Waals surface area contributed by atoms with E-state index in [-0.39, 0.29) is 12.3 Å². The van der Waals surface area contributed by atoms with Crippen molar-refractivity contribution in [3.05, 3.63) is 64.9 Å². The van der Waals surface area contributed by atoms with Gasteiger partial charge in [0.15, 0.2) is 5.69 Å². The summed E-state index contributed by atoms with van der Waals surface area (Å²) in [7, 11) is 0. The van der Waals surface area contributed by atoms with E-state index in [2.05, 4.69) is 20.9 Å². The normalized spacial score (nSPS) is 11.2. The van der Waals surface area contributed by atoms with Crippen LogP contribution in [0.4, 0.5) is 0 Å². The highest BCUT2D eigenvalue weighted by molar-refractivity contribution is 9.10. The van der Waals surface area contributed by atoms with Crippen LogP contribution in [0.3, 0.4) is 0 Å². The Balaban J connectivity index is 2.08. The molecule has 2 aliphatic heterocycles. The van der Waals surface area contributed by atoms with Crippen LogP contribution in [0.15, 0.2) is 59.2 Å². The average Bonchev–Trinajstić information content (AvgIpc) is 3.08. The number of ether oxygens (including phenoxy) is 1. The molecule has 26 heavy (non-hydrogen) atoms. The highest BCUT2D eigenvalue weighted by atomic mass is 79.9. The number of rotatable bonds is 3. The first-order valence-electron chi connectivity index (χ1n) is 8.16. The summed E-state index contributed by atoms with van der Waals surface area (Å²) in [6.45, 7) is 2.04. The topological polar surface area (TPSA) is 64.3 Å². The summed E-state index contributed by atoms with van der Waals surface area (Å²) in [5.41, 5.74) is 3.62. The van der Waals surface area contributed by atoms with E-state index in [4.69, 9.17) is 4.74 Å². The molecule has 0 aromatic heterocycles. The van der Waals surface area contributed by atoms with Gasteiger partial charge in [0.05, 0.1) is 17.8 Å². The second kappa shape index (κ2) is 6.46. The van der Waals surface area contributed by atoms with Gasteiger partial charge >= 0.3 is 5.97 Å². The van der Waals surface area contributed by atoms with Gasteiger partial charge < -0.3 is 9.94 Å². The lowest BCUT2D eigenvalue weighted by Gasteiger charge is -2.17. The number of aromatic nitrogens is 2. The summed E-state index contributed by atoms with van der Waals surface area (Å²) in [6, 6.07) is 15.0. The number of hydrogen-bond acceptors (Lipinski definition) is 4. The predicted octanol–water partition coefficient (Wildman–Crippen LogP) is 4.98. The summed E-state index contributed by atoms with van der Waals surface area (Å²) in [6.07, 6.45) is 1.61. The van der Waals surface area contributed by atoms with Crippen molar-refractivity contribution < 1.29 is 14.7 Å². The van der Waals surface area contributed by atoms with Gasteiger partial charge in [-0.2, -0.15) is 4.73 Å². The van der Waals surface area contributed by atoms with Gasteiger partial charge in [-0.15, -0.1) is 0 Å². The first-order valence-corrected chi connectivity index (χ1v) is 8.95. The first kappa shape index (κ1) is 16.6. The molecule has 0 atom stereocenters. The molecule has 0 amide bonds. The second-order valence-corrected chi connectivity index (χ2v) is 6.72. The fraction of sp³-hybridized carbons (Fsp3) is 0.100. The van der Waals surface area contributed by atoms with Crippen LogP contribution in [0.25, 0.3) is 33.3 Å². The van der Waals surface area contributed by atoms with Crippen molar-refractivity contribution in [2.45, 2.75) is 6.92 Å². The maximum Gasteiger partial charge on any atom is 0.357 e. The van der Waals surface area contributed by atoms with E-state index >= 15 is 0 Å². The van der Waals surface area contributed by atoms with Gasteiger partial charge in [-0.25, -0.2) is 9.78 Å². The minimum Gasteiger partial charge on any atom is -0.461 e. The Kier molecular flexibility index (Phi) is 4.12. The van der Waals surface area contributed by atoms with Crippen molar-refractivity contribution in [2.75, 3.05) is 6.61 Å². The molecule has 2 heterocycles. The van der Waals surface area contributed by atoms with Crippen molar-refractivity contribution in [1.82, 2.24) is 9.71 Å². The Morgan fingerprint density at radius 2 is 1.92 bits per heavy atom. The van der Waals surface area contributed by atoms with Crippen molar-refractivity contribution in [3.8, 4) is 22.4 Å². The SMILES string of the molecule is CCOC(=O)c1ncc2c(-c3ccc(Br)cc3)n(O)c3ccccc3c1-2. The first-order chi connectivity index (χ1) is 12.6. The third kappa shape index (κ3) is 2.54. The lowest BCUT2D eigenvalue weighted by Crippen LogP contribution is -2.08. The molecule has 4 rings (SSSR count). The number of hydrogen-bond donors (Lipinski definition) is 1. The largest absolute Gasteiger partial charge is 0.461 e. The third-order valence-corrected chi connectivity index (χ3v) is 4.81. The molecule has 0 spiro atoms. The fourth-order valence-electron chi connectivity index (χ4n) is 3.18. The predicted molar refractivity (Wildman–Crippen MR) is 103 cm³/mol. The van der Waals surface area contributed by atoms with Crippen molar-refractivity contribution in [1.29, 1.82) is 0 Å². The smallest absolute Gasteiger partial charge is 0.357 e. The summed E-state index contributed by atoms with van der Waals surface area (Å²) in [5, 5.41) is 11.6. The molecule has 0 fully saturated rings. The number of nitrogens with zero attached hydrogens (tertiary/aromatic N) is 2. The molecular formula is C20H15BrN2O3. The Labute approximate surface area is 158 Å². The molecule has 0 radical (unpaired) electrons. The Hall–Kier alpha value is -2.86. The summed E-state index contributed by atoms with van der Waals surface area (Å²) in [5.74, 6) is -0.468. The molecular weight excluding hydrogens is 396 g/mol. The number of para-hydroxylation sites is 1. The van der Waals surface area contributed by atoms with E-state index in [9.17, 15) is 10.0 Å². The summed E-state index contributed by atoms with van der Waals surface area (Å²) in [4.78, 5) is 16.7. The zero-order chi connectivity index (χ0) is 18.3. The fourth-order valence-corrected chi connectivity index (χ4v) is 3.45. The van der Waals surface area contributed by atoms with Crippen LogP contribution in [0, 0.1) is 0 Å². The van der Waals surface area contributed by atoms with Crippen LogP contribution in [0.5, 0.6) is 0 Å². The van der Waals surface area contributed by atoms with Crippen LogP contribution in [0.1, 0.15) is 17.4 Å². The zero-order valence-electron chi connectivity index (χ0n) is 13.9. The Morgan fingerprint density at radius 3 is 2.65 bits per heavy atom. The number of esters is 1. The Morgan fingerprint density at radius 1 is 1.19 bits per heavy atom. The van der Waals surface area contributed by atoms with E-state index in [1.165, 1.54) is 0 Å². The highest BCUT2D eigenvalue weighted by Crippen LogP contribution is 2.41. The maximum absolute atomic E-state index is 12.4. The third-order valence-electron chi connectivity index (χ3n) is 4.28. The van der Waals surface area contributed by atoms with Crippen LogP contribution in [-0.4, -0.2) is 27.5 Å². The van der Waals surface area contributed by atoms with E-state index in [1.807, 2.05) is 42.5 Å². The average molecular weight is 411 g/mol. The van der Waals surface area contributed by atoms with Gasteiger partial charge in [0.2, 0.25) is 0 Å². The van der Waals surface area contributed by atoms with E-state index in [1.54, 1.807) is 19.2 Å². The minimum atomic E-state index is -0.468. The van der Waals surface area contributed by atoms with E-state index in [0.29, 0.717) is 22.3 Å². The number of halogens is 1. The van der Waals surface area contributed by atoms with Crippen LogP contribution >= 0.6 is 15.9 Å². The minimum absolute atomic E-state index is 0.261. The number of pyridine rings is 1. The van der Waals surface area contributed by atoms with E-state index in [0.717, 1.165) is 20.2 Å². The van der Waals surface area contributed by atoms with Crippen LogP contribution < -0.4 is 0 Å². The number of benzene rings is 2. The van der Waals surface area contributed by atoms with Gasteiger partial charge in [0, 0.05) is 32.7 Å². The maximum atomic E-state index is 12.4. The highest BCUT2D eigenvalue weighted by Gasteiger charge is 2.27. The van der Waals surface area contributed by atoms with Crippen LogP contribution in [0.2, 0.25) is 0 Å². The van der Waals surface area contributed by atoms with E-state index < -0.39 is 5.97 Å². The molecule has 2 aromatic carbocycles. The molecule has 1 N–H and O–H groups in total. The monoisotopic (exact) mass is 410 g/mol. The zero-order valence-corrected chi connectivity index (χ0v) is 15.5. The molecule has 130 valence electrons. The lowest BCUT2D eigenvalue weighted by atomic mass is 9.96. The second-order valence-electron chi connectivity index (χ2n) is 5.80. The van der Waals surface area contributed by atoms with Crippen molar-refractivity contribution in [3.63, 3.8) is 0 Å². The van der Waals surface area contributed by atoms with Gasteiger partial charge in [-0.05, 0) is 25.1 Å². The standard InChI is InChI=1S/C20H15BrN2O3/c1-2-26-20(24)18-17-14-5-3-4-6-16(14)23(25)19(15(17)11-22-18)12-7-9-13(21)10-8-12/h3-11,25H,2H2,1H3. The van der Waals surface area contributed by atoms with Gasteiger partial charge in [-0.3, -0.25) is 0 Å². The number of fused-ring (bicyclic) bond motifs is 3. The molecule has 2 aliphatic rings. The summed E-state index contributed by atoms with van der Waals surface area (Å²) < 4.78 is 7.25. The molecule has 5 nitrogen and oxygen atoms in total.